The average molecular weight is 270 g/mol. The van der Waals surface area contributed by atoms with E-state index in [4.69, 9.17) is 0 Å². The van der Waals surface area contributed by atoms with Crippen molar-refractivity contribution in [1.29, 1.82) is 0 Å². The molecule has 0 spiro atoms. The van der Waals surface area contributed by atoms with E-state index in [0.717, 1.165) is 31.4 Å². The van der Waals surface area contributed by atoms with Gasteiger partial charge in [0.2, 0.25) is 0 Å². The van der Waals surface area contributed by atoms with Crippen LogP contribution >= 0.6 is 0 Å². The summed E-state index contributed by atoms with van der Waals surface area (Å²) < 4.78 is 1.91. The molecule has 2 aromatic rings. The maximum atomic E-state index is 11.2. The van der Waals surface area contributed by atoms with Crippen LogP contribution in [0.25, 0.3) is 0 Å². The number of carbonyl (C=O) groups excluding carboxylic acids is 1. The van der Waals surface area contributed by atoms with Gasteiger partial charge in [-0.2, -0.15) is 5.10 Å². The fourth-order valence-corrected chi connectivity index (χ4v) is 2.32. The molecule has 1 heterocycles. The van der Waals surface area contributed by atoms with Crippen LogP contribution in [-0.2, 0) is 13.0 Å². The quantitative estimate of drug-likeness (QED) is 0.539. The van der Waals surface area contributed by atoms with Gasteiger partial charge < -0.3 is 0 Å². The zero-order valence-electron chi connectivity index (χ0n) is 12.1. The van der Waals surface area contributed by atoms with Crippen molar-refractivity contribution in [2.75, 3.05) is 0 Å². The predicted octanol–water partition coefficient (Wildman–Crippen LogP) is 3.87. The van der Waals surface area contributed by atoms with Crippen LogP contribution in [0.15, 0.2) is 36.5 Å². The molecule has 1 aromatic heterocycles. The van der Waals surface area contributed by atoms with Crippen LogP contribution in [0.3, 0.4) is 0 Å². The molecule has 0 radical (unpaired) electrons. The largest absolute Gasteiger partial charge is 0.298 e. The van der Waals surface area contributed by atoms with Gasteiger partial charge in [-0.1, -0.05) is 56.5 Å². The van der Waals surface area contributed by atoms with E-state index in [1.807, 2.05) is 29.1 Å². The molecular formula is C17H22N2O. The van der Waals surface area contributed by atoms with Crippen LogP contribution in [0.1, 0.15) is 54.2 Å². The van der Waals surface area contributed by atoms with Crippen LogP contribution in [0.5, 0.6) is 0 Å². The number of aldehydes is 1. The fourth-order valence-electron chi connectivity index (χ4n) is 2.32. The molecule has 0 saturated carbocycles. The molecule has 0 aliphatic heterocycles. The van der Waals surface area contributed by atoms with Crippen molar-refractivity contribution in [2.24, 2.45) is 0 Å². The lowest BCUT2D eigenvalue weighted by Gasteiger charge is -2.01. The molecule has 0 amide bonds. The minimum atomic E-state index is 0.712. The molecule has 1 aromatic carbocycles. The van der Waals surface area contributed by atoms with E-state index >= 15 is 0 Å². The van der Waals surface area contributed by atoms with Gasteiger partial charge in [0.05, 0.1) is 11.3 Å². The Bertz CT molecular complexity index is 531. The third-order valence-corrected chi connectivity index (χ3v) is 3.45. The zero-order valence-corrected chi connectivity index (χ0v) is 12.1. The maximum Gasteiger partial charge on any atom is 0.153 e. The number of hydrogen-bond acceptors (Lipinski definition) is 2. The summed E-state index contributed by atoms with van der Waals surface area (Å²) in [5.41, 5.74) is 2.78. The van der Waals surface area contributed by atoms with Crippen LogP contribution in [0.4, 0.5) is 0 Å². The van der Waals surface area contributed by atoms with Crippen molar-refractivity contribution in [2.45, 2.75) is 45.6 Å². The first-order chi connectivity index (χ1) is 9.83. The zero-order chi connectivity index (χ0) is 14.2. The summed E-state index contributed by atoms with van der Waals surface area (Å²) in [5.74, 6) is 0. The number of carbonyl (C=O) groups is 1. The van der Waals surface area contributed by atoms with Gasteiger partial charge in [-0.3, -0.25) is 9.48 Å². The minimum absolute atomic E-state index is 0.712. The predicted molar refractivity (Wildman–Crippen MR) is 81.0 cm³/mol. The number of aromatic nitrogens is 2. The summed E-state index contributed by atoms with van der Waals surface area (Å²) >= 11 is 0. The highest BCUT2D eigenvalue weighted by molar-refractivity contribution is 5.76. The first-order valence-electron chi connectivity index (χ1n) is 7.39. The van der Waals surface area contributed by atoms with Gasteiger partial charge in [0.1, 0.15) is 0 Å². The van der Waals surface area contributed by atoms with E-state index in [1.54, 1.807) is 0 Å². The standard InChI is InChI=1S/C17H22N2O/c1-2-3-4-8-11-19-13-16(14-20)17(18-19)12-15-9-6-5-7-10-15/h5-7,9-10,13-14H,2-4,8,11-12H2,1H3. The molecule has 0 atom stereocenters. The van der Waals surface area contributed by atoms with Crippen LogP contribution in [-0.4, -0.2) is 16.1 Å². The number of aryl methyl sites for hydroxylation is 1. The van der Waals surface area contributed by atoms with Crippen LogP contribution in [0.2, 0.25) is 0 Å². The normalized spacial score (nSPS) is 10.7. The highest BCUT2D eigenvalue weighted by atomic mass is 16.1. The van der Waals surface area contributed by atoms with Gasteiger partial charge in [0.25, 0.3) is 0 Å². The van der Waals surface area contributed by atoms with Gasteiger partial charge in [-0.25, -0.2) is 0 Å². The second-order valence-electron chi connectivity index (χ2n) is 5.14. The topological polar surface area (TPSA) is 34.9 Å². The molecule has 0 unspecified atom stereocenters. The highest BCUT2D eigenvalue weighted by Crippen LogP contribution is 2.12. The summed E-state index contributed by atoms with van der Waals surface area (Å²) in [6.07, 6.45) is 8.35. The molecular weight excluding hydrogens is 248 g/mol. The minimum Gasteiger partial charge on any atom is -0.298 e. The first kappa shape index (κ1) is 14.5. The van der Waals surface area contributed by atoms with Crippen molar-refractivity contribution in [1.82, 2.24) is 9.78 Å². The molecule has 3 nitrogen and oxygen atoms in total. The van der Waals surface area contributed by atoms with Crippen molar-refractivity contribution >= 4 is 6.29 Å². The van der Waals surface area contributed by atoms with Crippen molar-refractivity contribution in [3.63, 3.8) is 0 Å². The van der Waals surface area contributed by atoms with Crippen molar-refractivity contribution < 1.29 is 4.79 Å². The molecule has 0 fully saturated rings. The van der Waals surface area contributed by atoms with Crippen LogP contribution in [0, 0.1) is 0 Å². The van der Waals surface area contributed by atoms with Gasteiger partial charge in [-0.05, 0) is 12.0 Å². The lowest BCUT2D eigenvalue weighted by molar-refractivity contribution is 0.112. The average Bonchev–Trinajstić information content (AvgIpc) is 2.87. The van der Waals surface area contributed by atoms with E-state index in [0.29, 0.717) is 5.56 Å². The molecule has 0 aliphatic rings. The summed E-state index contributed by atoms with van der Waals surface area (Å²) in [4.78, 5) is 11.2. The van der Waals surface area contributed by atoms with Gasteiger partial charge in [0, 0.05) is 19.2 Å². The smallest absolute Gasteiger partial charge is 0.153 e. The Morgan fingerprint density at radius 2 is 1.95 bits per heavy atom. The SMILES string of the molecule is CCCCCCn1cc(C=O)c(Cc2ccccc2)n1. The van der Waals surface area contributed by atoms with E-state index < -0.39 is 0 Å². The molecule has 0 N–H and O–H groups in total. The summed E-state index contributed by atoms with van der Waals surface area (Å²) in [6.45, 7) is 3.10. The van der Waals surface area contributed by atoms with Crippen molar-refractivity contribution in [3.05, 3.63) is 53.3 Å². The molecule has 0 bridgehead atoms. The van der Waals surface area contributed by atoms with Gasteiger partial charge in [-0.15, -0.1) is 0 Å². The number of hydrogen-bond donors (Lipinski definition) is 0. The lowest BCUT2D eigenvalue weighted by Crippen LogP contribution is -2.00. The van der Waals surface area contributed by atoms with Gasteiger partial charge in [0.15, 0.2) is 6.29 Å². The summed E-state index contributed by atoms with van der Waals surface area (Å²) in [6, 6.07) is 10.1. The Morgan fingerprint density at radius 1 is 1.15 bits per heavy atom. The third-order valence-electron chi connectivity index (χ3n) is 3.45. The number of benzene rings is 1. The summed E-state index contributed by atoms with van der Waals surface area (Å²) in [7, 11) is 0. The van der Waals surface area contributed by atoms with Crippen molar-refractivity contribution in [3.8, 4) is 0 Å². The molecule has 0 saturated heterocycles. The Balaban J connectivity index is 2.01. The third kappa shape index (κ3) is 4.05. The van der Waals surface area contributed by atoms with Crippen LogP contribution < -0.4 is 0 Å². The number of unbranched alkanes of at least 4 members (excludes halogenated alkanes) is 3. The Labute approximate surface area is 120 Å². The Morgan fingerprint density at radius 3 is 2.65 bits per heavy atom. The first-order valence-corrected chi connectivity index (χ1v) is 7.39. The molecule has 20 heavy (non-hydrogen) atoms. The van der Waals surface area contributed by atoms with E-state index in [-0.39, 0.29) is 0 Å². The summed E-state index contributed by atoms with van der Waals surface area (Å²) in [5, 5.41) is 4.56. The molecule has 3 heteroatoms. The lowest BCUT2D eigenvalue weighted by atomic mass is 10.1. The monoisotopic (exact) mass is 270 g/mol. The molecule has 2 rings (SSSR count). The fraction of sp³-hybridized carbons (Fsp3) is 0.412. The number of nitrogens with zero attached hydrogens (tertiary/aromatic N) is 2. The van der Waals surface area contributed by atoms with Gasteiger partial charge >= 0.3 is 0 Å². The highest BCUT2D eigenvalue weighted by Gasteiger charge is 2.08. The molecule has 106 valence electrons. The number of rotatable bonds is 8. The van der Waals surface area contributed by atoms with E-state index in [2.05, 4.69) is 24.2 Å². The second kappa shape index (κ2) is 7.63. The molecule has 0 aliphatic carbocycles. The Hall–Kier alpha value is -1.90. The van der Waals surface area contributed by atoms with E-state index in [9.17, 15) is 4.79 Å². The maximum absolute atomic E-state index is 11.2. The Kier molecular flexibility index (Phi) is 5.54. The second-order valence-corrected chi connectivity index (χ2v) is 5.14. The van der Waals surface area contributed by atoms with E-state index in [1.165, 1.54) is 24.8 Å².